The highest BCUT2D eigenvalue weighted by molar-refractivity contribution is 5.32. The molecule has 1 heterocycles. The Morgan fingerprint density at radius 2 is 2.00 bits per heavy atom. The Morgan fingerprint density at radius 1 is 1.29 bits per heavy atom. The van der Waals surface area contributed by atoms with Gasteiger partial charge in [-0.2, -0.15) is 5.26 Å². The fourth-order valence-corrected chi connectivity index (χ4v) is 2.24. The Balaban J connectivity index is 2.22. The van der Waals surface area contributed by atoms with E-state index in [2.05, 4.69) is 11.0 Å². The van der Waals surface area contributed by atoms with Gasteiger partial charge in [-0.1, -0.05) is 12.5 Å². The van der Waals surface area contributed by atoms with Gasteiger partial charge in [0.05, 0.1) is 6.07 Å². The third kappa shape index (κ3) is 2.56. The van der Waals surface area contributed by atoms with Crippen molar-refractivity contribution in [1.82, 2.24) is 4.90 Å². The van der Waals surface area contributed by atoms with Crippen molar-refractivity contribution in [3.8, 4) is 11.8 Å². The Morgan fingerprint density at radius 3 is 2.59 bits per heavy atom. The molecule has 4 heteroatoms. The van der Waals surface area contributed by atoms with E-state index in [1.165, 1.54) is 18.6 Å². The molecule has 1 aliphatic rings. The summed E-state index contributed by atoms with van der Waals surface area (Å²) in [5, 5.41) is 18.4. The predicted octanol–water partition coefficient (Wildman–Crippen LogP) is 2.58. The van der Waals surface area contributed by atoms with Gasteiger partial charge in [-0.05, 0) is 43.6 Å². The second-order valence-corrected chi connectivity index (χ2v) is 4.34. The fraction of sp³-hybridized carbons (Fsp3) is 0.462. The van der Waals surface area contributed by atoms with Crippen LogP contribution in [0, 0.1) is 17.1 Å². The number of halogens is 1. The van der Waals surface area contributed by atoms with Crippen LogP contribution in [-0.4, -0.2) is 23.1 Å². The maximum Gasteiger partial charge on any atom is 0.165 e. The molecule has 0 spiro atoms. The average Bonchev–Trinajstić information content (AvgIpc) is 2.36. The van der Waals surface area contributed by atoms with Crippen molar-refractivity contribution in [2.24, 2.45) is 0 Å². The lowest BCUT2D eigenvalue weighted by Gasteiger charge is -2.30. The largest absolute Gasteiger partial charge is 0.505 e. The summed E-state index contributed by atoms with van der Waals surface area (Å²) in [5.74, 6) is -1.04. The molecular weight excluding hydrogens is 219 g/mol. The quantitative estimate of drug-likeness (QED) is 0.855. The number of nitriles is 1. The number of phenolic OH excluding ortho intramolecular Hbond substituents is 1. The van der Waals surface area contributed by atoms with Crippen LogP contribution in [0.4, 0.5) is 4.39 Å². The molecule has 17 heavy (non-hydrogen) atoms. The van der Waals surface area contributed by atoms with Gasteiger partial charge in [0.2, 0.25) is 0 Å². The van der Waals surface area contributed by atoms with Gasteiger partial charge in [-0.15, -0.1) is 0 Å². The number of benzene rings is 1. The first-order chi connectivity index (χ1) is 8.22. The smallest absolute Gasteiger partial charge is 0.165 e. The van der Waals surface area contributed by atoms with Crippen molar-refractivity contribution in [1.29, 1.82) is 5.26 Å². The van der Waals surface area contributed by atoms with Gasteiger partial charge in [0.1, 0.15) is 6.04 Å². The minimum Gasteiger partial charge on any atom is -0.505 e. The average molecular weight is 234 g/mol. The number of piperidine rings is 1. The number of hydrogen-bond acceptors (Lipinski definition) is 3. The van der Waals surface area contributed by atoms with E-state index in [-0.39, 0.29) is 5.75 Å². The molecular formula is C13H15FN2O. The standard InChI is InChI=1S/C13H15FN2O/c14-11-8-10(4-5-13(11)17)12(9-15)16-6-2-1-3-7-16/h4-5,8,12,17H,1-3,6-7H2. The van der Waals surface area contributed by atoms with Crippen LogP contribution in [0.25, 0.3) is 0 Å². The van der Waals surface area contributed by atoms with Crippen LogP contribution in [-0.2, 0) is 0 Å². The van der Waals surface area contributed by atoms with Crippen LogP contribution < -0.4 is 0 Å². The van der Waals surface area contributed by atoms with E-state index in [9.17, 15) is 9.65 Å². The minimum atomic E-state index is -0.667. The Kier molecular flexibility index (Phi) is 3.60. The zero-order chi connectivity index (χ0) is 12.3. The molecule has 3 nitrogen and oxygen atoms in total. The van der Waals surface area contributed by atoms with E-state index in [4.69, 9.17) is 5.11 Å². The summed E-state index contributed by atoms with van der Waals surface area (Å²) in [6.45, 7) is 1.75. The maximum absolute atomic E-state index is 13.3. The van der Waals surface area contributed by atoms with Crippen molar-refractivity contribution >= 4 is 0 Å². The first-order valence-corrected chi connectivity index (χ1v) is 5.84. The summed E-state index contributed by atoms with van der Waals surface area (Å²) < 4.78 is 13.3. The zero-order valence-electron chi connectivity index (χ0n) is 9.56. The highest BCUT2D eigenvalue weighted by atomic mass is 19.1. The molecule has 1 saturated heterocycles. The summed E-state index contributed by atoms with van der Waals surface area (Å²) in [6, 6.07) is 5.97. The monoisotopic (exact) mass is 234 g/mol. The molecule has 1 aromatic rings. The van der Waals surface area contributed by atoms with E-state index in [1.807, 2.05) is 0 Å². The van der Waals surface area contributed by atoms with Gasteiger partial charge >= 0.3 is 0 Å². The highest BCUT2D eigenvalue weighted by Crippen LogP contribution is 2.26. The number of hydrogen-bond donors (Lipinski definition) is 1. The number of phenols is 1. The van der Waals surface area contributed by atoms with Crippen LogP contribution in [0.15, 0.2) is 18.2 Å². The molecule has 2 rings (SSSR count). The molecule has 1 aromatic carbocycles. The van der Waals surface area contributed by atoms with Gasteiger partial charge < -0.3 is 5.11 Å². The second-order valence-electron chi connectivity index (χ2n) is 4.34. The Hall–Kier alpha value is -1.60. The van der Waals surface area contributed by atoms with Gasteiger partial charge in [0, 0.05) is 0 Å². The van der Waals surface area contributed by atoms with E-state index < -0.39 is 11.9 Å². The predicted molar refractivity (Wildman–Crippen MR) is 61.8 cm³/mol. The SMILES string of the molecule is N#CC(c1ccc(O)c(F)c1)N1CCCCC1. The molecule has 1 unspecified atom stereocenters. The molecule has 0 bridgehead atoms. The minimum absolute atomic E-state index is 0.371. The molecule has 90 valence electrons. The molecule has 0 saturated carbocycles. The van der Waals surface area contributed by atoms with Crippen LogP contribution in [0.2, 0.25) is 0 Å². The van der Waals surface area contributed by atoms with Gasteiger partial charge in [0.15, 0.2) is 11.6 Å². The van der Waals surface area contributed by atoms with Crippen molar-refractivity contribution in [3.05, 3.63) is 29.6 Å². The second kappa shape index (κ2) is 5.15. The summed E-state index contributed by atoms with van der Waals surface area (Å²) in [5.41, 5.74) is 0.615. The summed E-state index contributed by atoms with van der Waals surface area (Å²) in [4.78, 5) is 2.06. The van der Waals surface area contributed by atoms with Crippen molar-refractivity contribution in [3.63, 3.8) is 0 Å². The van der Waals surface area contributed by atoms with E-state index >= 15 is 0 Å². The first-order valence-electron chi connectivity index (χ1n) is 5.84. The Labute approximate surface area is 100 Å². The molecule has 1 atom stereocenters. The lowest BCUT2D eigenvalue weighted by atomic mass is 10.0. The summed E-state index contributed by atoms with van der Waals surface area (Å²) in [7, 11) is 0. The number of likely N-dealkylation sites (tertiary alicyclic amines) is 1. The molecule has 0 amide bonds. The number of rotatable bonds is 2. The van der Waals surface area contributed by atoms with Gasteiger partial charge in [0.25, 0.3) is 0 Å². The number of aromatic hydroxyl groups is 1. The van der Waals surface area contributed by atoms with Crippen LogP contribution in [0.1, 0.15) is 30.9 Å². The fourth-order valence-electron chi connectivity index (χ4n) is 2.24. The Bertz CT molecular complexity index is 436. The topological polar surface area (TPSA) is 47.3 Å². The number of nitrogens with zero attached hydrogens (tertiary/aromatic N) is 2. The van der Waals surface area contributed by atoms with Gasteiger partial charge in [-0.3, -0.25) is 4.90 Å². The molecule has 1 fully saturated rings. The molecule has 0 radical (unpaired) electrons. The van der Waals surface area contributed by atoms with E-state index in [0.717, 1.165) is 25.9 Å². The third-order valence-electron chi connectivity index (χ3n) is 3.17. The van der Waals surface area contributed by atoms with E-state index in [0.29, 0.717) is 5.56 Å². The van der Waals surface area contributed by atoms with Crippen molar-refractivity contribution < 1.29 is 9.50 Å². The van der Waals surface area contributed by atoms with Crippen LogP contribution in [0.3, 0.4) is 0 Å². The van der Waals surface area contributed by atoms with Crippen LogP contribution in [0.5, 0.6) is 5.75 Å². The summed E-state index contributed by atoms with van der Waals surface area (Å²) >= 11 is 0. The van der Waals surface area contributed by atoms with Crippen molar-refractivity contribution in [2.75, 3.05) is 13.1 Å². The normalized spacial score (nSPS) is 18.6. The molecule has 1 N–H and O–H groups in total. The third-order valence-corrected chi connectivity index (χ3v) is 3.17. The summed E-state index contributed by atoms with van der Waals surface area (Å²) in [6.07, 6.45) is 3.36. The lowest BCUT2D eigenvalue weighted by Crippen LogP contribution is -2.33. The highest BCUT2D eigenvalue weighted by Gasteiger charge is 2.22. The first kappa shape index (κ1) is 11.9. The van der Waals surface area contributed by atoms with E-state index in [1.54, 1.807) is 6.07 Å². The lowest BCUT2D eigenvalue weighted by molar-refractivity contribution is 0.196. The van der Waals surface area contributed by atoms with Gasteiger partial charge in [-0.25, -0.2) is 4.39 Å². The molecule has 1 aliphatic heterocycles. The molecule has 0 aliphatic carbocycles. The van der Waals surface area contributed by atoms with Crippen LogP contribution >= 0.6 is 0 Å². The van der Waals surface area contributed by atoms with Crippen molar-refractivity contribution in [2.45, 2.75) is 25.3 Å². The molecule has 0 aromatic heterocycles. The zero-order valence-corrected chi connectivity index (χ0v) is 9.56. The maximum atomic E-state index is 13.3.